The van der Waals surface area contributed by atoms with Crippen molar-refractivity contribution < 1.29 is 19.0 Å². The van der Waals surface area contributed by atoms with E-state index in [1.54, 1.807) is 31.4 Å². The summed E-state index contributed by atoms with van der Waals surface area (Å²) in [4.78, 5) is 16.5. The van der Waals surface area contributed by atoms with Crippen LogP contribution in [0, 0.1) is 0 Å². The maximum Gasteiger partial charge on any atom is 0.264 e. The van der Waals surface area contributed by atoms with Crippen molar-refractivity contribution in [3.05, 3.63) is 53.9 Å². The summed E-state index contributed by atoms with van der Waals surface area (Å²) in [6.07, 6.45) is 0. The molecule has 27 heavy (non-hydrogen) atoms. The molecule has 1 heterocycles. The average Bonchev–Trinajstić information content (AvgIpc) is 3.16. The van der Waals surface area contributed by atoms with Gasteiger partial charge in [-0.25, -0.2) is 4.98 Å². The van der Waals surface area contributed by atoms with Gasteiger partial charge >= 0.3 is 0 Å². The lowest BCUT2D eigenvalue weighted by Crippen LogP contribution is -2.20. The third-order valence-electron chi connectivity index (χ3n) is 3.64. The molecule has 140 valence electrons. The zero-order valence-electron chi connectivity index (χ0n) is 15.1. The molecule has 0 aliphatic heterocycles. The summed E-state index contributed by atoms with van der Waals surface area (Å²) >= 11 is 1.37. The first kappa shape index (κ1) is 18.7. The molecule has 3 aromatic rings. The van der Waals surface area contributed by atoms with Gasteiger partial charge in [0.15, 0.2) is 11.7 Å². The Labute approximate surface area is 161 Å². The molecule has 0 atom stereocenters. The smallest absolute Gasteiger partial charge is 0.264 e. The van der Waals surface area contributed by atoms with E-state index in [0.717, 1.165) is 22.8 Å². The van der Waals surface area contributed by atoms with Crippen LogP contribution in [0.1, 0.15) is 6.92 Å². The average molecular weight is 384 g/mol. The Hall–Kier alpha value is -3.06. The Morgan fingerprint density at radius 2 is 1.63 bits per heavy atom. The van der Waals surface area contributed by atoms with E-state index in [2.05, 4.69) is 10.3 Å². The van der Waals surface area contributed by atoms with Crippen LogP contribution in [0.15, 0.2) is 53.9 Å². The summed E-state index contributed by atoms with van der Waals surface area (Å²) in [5.41, 5.74) is 1.75. The van der Waals surface area contributed by atoms with E-state index in [9.17, 15) is 4.79 Å². The molecule has 1 N–H and O–H groups in total. The van der Waals surface area contributed by atoms with Gasteiger partial charge in [0, 0.05) is 10.9 Å². The van der Waals surface area contributed by atoms with E-state index in [-0.39, 0.29) is 12.5 Å². The lowest BCUT2D eigenvalue weighted by atomic mass is 10.2. The minimum atomic E-state index is -0.264. The predicted molar refractivity (Wildman–Crippen MR) is 106 cm³/mol. The van der Waals surface area contributed by atoms with E-state index in [1.807, 2.05) is 36.6 Å². The van der Waals surface area contributed by atoms with Crippen LogP contribution in [0.3, 0.4) is 0 Å². The highest BCUT2D eigenvalue weighted by Gasteiger charge is 2.09. The second-order valence-corrected chi connectivity index (χ2v) is 6.37. The molecule has 1 amide bonds. The first-order chi connectivity index (χ1) is 13.2. The van der Waals surface area contributed by atoms with Gasteiger partial charge in [0.2, 0.25) is 0 Å². The highest BCUT2D eigenvalue weighted by molar-refractivity contribution is 7.14. The van der Waals surface area contributed by atoms with Crippen LogP contribution in [0.4, 0.5) is 5.13 Å². The van der Waals surface area contributed by atoms with E-state index in [4.69, 9.17) is 14.2 Å². The summed E-state index contributed by atoms with van der Waals surface area (Å²) in [6.45, 7) is 2.44. The Bertz CT molecular complexity index is 876. The number of aromatic nitrogens is 1. The minimum absolute atomic E-state index is 0.0918. The lowest BCUT2D eigenvalue weighted by Gasteiger charge is -2.07. The van der Waals surface area contributed by atoms with Gasteiger partial charge in [-0.15, -0.1) is 11.3 Å². The quantitative estimate of drug-likeness (QED) is 0.629. The lowest BCUT2D eigenvalue weighted by molar-refractivity contribution is -0.118. The summed E-state index contributed by atoms with van der Waals surface area (Å²) in [6, 6.07) is 14.7. The molecule has 1 aromatic heterocycles. The first-order valence-corrected chi connectivity index (χ1v) is 9.31. The van der Waals surface area contributed by atoms with Crippen LogP contribution in [0.25, 0.3) is 11.3 Å². The number of carbonyl (C=O) groups excluding carboxylic acids is 1. The Morgan fingerprint density at radius 3 is 2.26 bits per heavy atom. The van der Waals surface area contributed by atoms with E-state index >= 15 is 0 Å². The van der Waals surface area contributed by atoms with Gasteiger partial charge in [-0.05, 0) is 55.5 Å². The van der Waals surface area contributed by atoms with Crippen LogP contribution in [-0.4, -0.2) is 31.2 Å². The molecule has 0 fully saturated rings. The van der Waals surface area contributed by atoms with Crippen LogP contribution < -0.4 is 19.5 Å². The molecule has 0 unspecified atom stereocenters. The number of methoxy groups -OCH3 is 1. The fourth-order valence-electron chi connectivity index (χ4n) is 2.33. The number of amides is 1. The van der Waals surface area contributed by atoms with Crippen molar-refractivity contribution in [2.24, 2.45) is 0 Å². The molecule has 3 rings (SSSR count). The number of ether oxygens (including phenoxy) is 3. The Kier molecular flexibility index (Phi) is 6.27. The monoisotopic (exact) mass is 384 g/mol. The number of nitrogens with one attached hydrogen (secondary N) is 1. The van der Waals surface area contributed by atoms with Gasteiger partial charge in [-0.2, -0.15) is 0 Å². The van der Waals surface area contributed by atoms with Crippen molar-refractivity contribution in [3.63, 3.8) is 0 Å². The second-order valence-electron chi connectivity index (χ2n) is 5.51. The Morgan fingerprint density at radius 1 is 1.00 bits per heavy atom. The number of rotatable bonds is 8. The van der Waals surface area contributed by atoms with Crippen LogP contribution >= 0.6 is 11.3 Å². The molecular formula is C20H20N2O4S. The molecule has 0 bridgehead atoms. The van der Waals surface area contributed by atoms with Gasteiger partial charge in [0.05, 0.1) is 19.4 Å². The fraction of sp³-hybridized carbons (Fsp3) is 0.200. The van der Waals surface area contributed by atoms with Crippen LogP contribution in [0.5, 0.6) is 17.2 Å². The summed E-state index contributed by atoms with van der Waals surface area (Å²) in [5.74, 6) is 1.89. The topological polar surface area (TPSA) is 69.7 Å². The highest BCUT2D eigenvalue weighted by Crippen LogP contribution is 2.26. The van der Waals surface area contributed by atoms with Crippen molar-refractivity contribution in [3.8, 4) is 28.5 Å². The van der Waals surface area contributed by atoms with Gasteiger partial charge in [-0.1, -0.05) is 0 Å². The first-order valence-electron chi connectivity index (χ1n) is 8.43. The van der Waals surface area contributed by atoms with E-state index < -0.39 is 0 Å². The summed E-state index contributed by atoms with van der Waals surface area (Å²) in [7, 11) is 1.63. The van der Waals surface area contributed by atoms with Crippen molar-refractivity contribution in [1.29, 1.82) is 0 Å². The number of hydrogen-bond acceptors (Lipinski definition) is 6. The number of hydrogen-bond donors (Lipinski definition) is 1. The van der Waals surface area contributed by atoms with Crippen molar-refractivity contribution in [2.75, 3.05) is 25.6 Å². The third kappa shape index (κ3) is 5.21. The van der Waals surface area contributed by atoms with Crippen LogP contribution in [-0.2, 0) is 4.79 Å². The largest absolute Gasteiger partial charge is 0.497 e. The standard InChI is InChI=1S/C20H20N2O4S/c1-3-25-16-8-10-17(11-9-16)26-12-19(23)22-20-21-18(13-27-20)14-4-6-15(24-2)7-5-14/h4-11,13H,3,12H2,1-2H3,(H,21,22,23). The molecule has 0 spiro atoms. The molecular weight excluding hydrogens is 364 g/mol. The van der Waals surface area contributed by atoms with Gasteiger partial charge < -0.3 is 14.2 Å². The molecule has 6 nitrogen and oxygen atoms in total. The zero-order chi connectivity index (χ0) is 19.1. The second kappa shape index (κ2) is 9.05. The van der Waals surface area contributed by atoms with Gasteiger partial charge in [-0.3, -0.25) is 10.1 Å². The van der Waals surface area contributed by atoms with Crippen molar-refractivity contribution in [1.82, 2.24) is 4.98 Å². The van der Waals surface area contributed by atoms with E-state index in [0.29, 0.717) is 17.5 Å². The van der Waals surface area contributed by atoms with Crippen LogP contribution in [0.2, 0.25) is 0 Å². The zero-order valence-corrected chi connectivity index (χ0v) is 15.9. The van der Waals surface area contributed by atoms with Crippen molar-refractivity contribution >= 4 is 22.4 Å². The number of thiazole rings is 1. The molecule has 0 aliphatic carbocycles. The SMILES string of the molecule is CCOc1ccc(OCC(=O)Nc2nc(-c3ccc(OC)cc3)cs2)cc1. The van der Waals surface area contributed by atoms with Crippen molar-refractivity contribution in [2.45, 2.75) is 6.92 Å². The van der Waals surface area contributed by atoms with Gasteiger partial charge in [0.1, 0.15) is 17.2 Å². The highest BCUT2D eigenvalue weighted by atomic mass is 32.1. The number of nitrogens with zero attached hydrogens (tertiary/aromatic N) is 1. The summed E-state index contributed by atoms with van der Waals surface area (Å²) < 4.78 is 16.0. The fourth-order valence-corrected chi connectivity index (χ4v) is 3.06. The molecule has 7 heteroatoms. The predicted octanol–water partition coefficient (Wildman–Crippen LogP) is 4.23. The number of carbonyl (C=O) groups is 1. The molecule has 2 aromatic carbocycles. The maximum absolute atomic E-state index is 12.1. The number of benzene rings is 2. The molecule has 0 aliphatic rings. The molecule has 0 radical (unpaired) electrons. The minimum Gasteiger partial charge on any atom is -0.497 e. The Balaban J connectivity index is 1.52. The molecule has 0 saturated heterocycles. The summed E-state index contributed by atoms with van der Waals surface area (Å²) in [5, 5.41) is 5.17. The molecule has 0 saturated carbocycles. The number of anilines is 1. The van der Waals surface area contributed by atoms with Gasteiger partial charge in [0.25, 0.3) is 5.91 Å². The van der Waals surface area contributed by atoms with E-state index in [1.165, 1.54) is 11.3 Å². The maximum atomic E-state index is 12.1. The third-order valence-corrected chi connectivity index (χ3v) is 4.40. The normalized spacial score (nSPS) is 10.3.